The van der Waals surface area contributed by atoms with Gasteiger partial charge in [0, 0.05) is 9.37 Å². The molecule has 0 bridgehead atoms. The second-order valence-electron chi connectivity index (χ2n) is 3.24. The smallest absolute Gasteiger partial charge is 0.0181 e. The summed E-state index contributed by atoms with van der Waals surface area (Å²) in [6.07, 6.45) is 2.10. The van der Waals surface area contributed by atoms with Crippen LogP contribution >= 0.6 is 27.7 Å². The fraction of sp³-hybridized carbons (Fsp3) is 0.0769. The van der Waals surface area contributed by atoms with Crippen LogP contribution in [0.15, 0.2) is 57.9 Å². The zero-order valence-electron chi connectivity index (χ0n) is 8.41. The minimum Gasteiger partial charge on any atom is -0.130 e. The molecule has 0 saturated carbocycles. The van der Waals surface area contributed by atoms with Crippen molar-refractivity contribution in [1.29, 1.82) is 0 Å². The molecule has 0 heterocycles. The molecule has 0 unspecified atom stereocenters. The first-order valence-corrected chi connectivity index (χ1v) is 6.71. The Labute approximate surface area is 103 Å². The lowest BCUT2D eigenvalue weighted by molar-refractivity contribution is 1.46. The molecule has 0 atom stereocenters. The van der Waals surface area contributed by atoms with E-state index in [1.54, 1.807) is 11.8 Å². The largest absolute Gasteiger partial charge is 0.130 e. The van der Waals surface area contributed by atoms with Gasteiger partial charge in [0.05, 0.1) is 0 Å². The minimum absolute atomic E-state index is 1.12. The second kappa shape index (κ2) is 4.86. The lowest BCUT2D eigenvalue weighted by atomic mass is 10.1. The van der Waals surface area contributed by atoms with Gasteiger partial charge in [0.15, 0.2) is 0 Å². The highest BCUT2D eigenvalue weighted by molar-refractivity contribution is 9.10. The fourth-order valence-corrected chi connectivity index (χ4v) is 2.33. The number of hydrogen-bond donors (Lipinski definition) is 0. The molecular weight excluding hydrogens is 268 g/mol. The van der Waals surface area contributed by atoms with E-state index in [0.717, 1.165) is 4.47 Å². The van der Waals surface area contributed by atoms with Gasteiger partial charge in [0.1, 0.15) is 0 Å². The van der Waals surface area contributed by atoms with Crippen LogP contribution in [0.3, 0.4) is 0 Å². The average molecular weight is 279 g/mol. The Balaban J connectivity index is 2.44. The lowest BCUT2D eigenvalue weighted by Crippen LogP contribution is -1.78. The van der Waals surface area contributed by atoms with Crippen molar-refractivity contribution in [2.75, 3.05) is 6.26 Å². The molecule has 0 amide bonds. The van der Waals surface area contributed by atoms with Crippen LogP contribution in [0.5, 0.6) is 0 Å². The monoisotopic (exact) mass is 278 g/mol. The van der Waals surface area contributed by atoms with Crippen molar-refractivity contribution in [1.82, 2.24) is 0 Å². The third-order valence-corrected chi connectivity index (χ3v) is 3.45. The van der Waals surface area contributed by atoms with E-state index in [4.69, 9.17) is 0 Å². The summed E-state index contributed by atoms with van der Waals surface area (Å²) in [6, 6.07) is 17.0. The minimum atomic E-state index is 1.12. The molecule has 76 valence electrons. The van der Waals surface area contributed by atoms with Crippen molar-refractivity contribution < 1.29 is 0 Å². The van der Waals surface area contributed by atoms with Gasteiger partial charge in [-0.25, -0.2) is 0 Å². The van der Waals surface area contributed by atoms with Crippen LogP contribution in [0.25, 0.3) is 11.1 Å². The van der Waals surface area contributed by atoms with E-state index in [2.05, 4.69) is 64.7 Å². The van der Waals surface area contributed by atoms with Gasteiger partial charge in [0.25, 0.3) is 0 Å². The van der Waals surface area contributed by atoms with Crippen molar-refractivity contribution >= 4 is 27.7 Å². The van der Waals surface area contributed by atoms with Gasteiger partial charge < -0.3 is 0 Å². The van der Waals surface area contributed by atoms with Crippen LogP contribution in [-0.4, -0.2) is 6.26 Å². The number of hydrogen-bond acceptors (Lipinski definition) is 1. The van der Waals surface area contributed by atoms with Crippen LogP contribution in [-0.2, 0) is 0 Å². The van der Waals surface area contributed by atoms with Crippen molar-refractivity contribution in [3.8, 4) is 11.1 Å². The quantitative estimate of drug-likeness (QED) is 0.709. The highest BCUT2D eigenvalue weighted by atomic mass is 79.9. The molecule has 2 rings (SSSR count). The van der Waals surface area contributed by atoms with Gasteiger partial charge in [-0.15, -0.1) is 11.8 Å². The Kier molecular flexibility index (Phi) is 3.49. The lowest BCUT2D eigenvalue weighted by Gasteiger charge is -2.04. The maximum atomic E-state index is 3.49. The fourth-order valence-electron chi connectivity index (χ4n) is 1.47. The van der Waals surface area contributed by atoms with E-state index >= 15 is 0 Å². The SMILES string of the molecule is CSc1cccc(-c2cccc(Br)c2)c1. The molecule has 15 heavy (non-hydrogen) atoms. The summed E-state index contributed by atoms with van der Waals surface area (Å²) in [4.78, 5) is 1.30. The summed E-state index contributed by atoms with van der Waals surface area (Å²) in [7, 11) is 0. The van der Waals surface area contributed by atoms with Crippen molar-refractivity contribution in [3.05, 3.63) is 53.0 Å². The van der Waals surface area contributed by atoms with Crippen molar-refractivity contribution in [2.24, 2.45) is 0 Å². The molecule has 0 fully saturated rings. The number of thioether (sulfide) groups is 1. The number of rotatable bonds is 2. The maximum absolute atomic E-state index is 3.49. The molecule has 0 aromatic heterocycles. The van der Waals surface area contributed by atoms with Crippen LogP contribution in [0.4, 0.5) is 0 Å². The highest BCUT2D eigenvalue weighted by Gasteiger charge is 1.98. The average Bonchev–Trinajstić information content (AvgIpc) is 2.29. The Morgan fingerprint density at radius 1 is 0.933 bits per heavy atom. The summed E-state index contributed by atoms with van der Waals surface area (Å²) in [6.45, 7) is 0. The Hall–Kier alpha value is -0.730. The summed E-state index contributed by atoms with van der Waals surface area (Å²) >= 11 is 5.26. The van der Waals surface area contributed by atoms with E-state index in [0.29, 0.717) is 0 Å². The van der Waals surface area contributed by atoms with Crippen LogP contribution in [0.1, 0.15) is 0 Å². The second-order valence-corrected chi connectivity index (χ2v) is 5.04. The van der Waals surface area contributed by atoms with E-state index < -0.39 is 0 Å². The highest BCUT2D eigenvalue weighted by Crippen LogP contribution is 2.26. The molecule has 2 aromatic rings. The van der Waals surface area contributed by atoms with Gasteiger partial charge in [0.2, 0.25) is 0 Å². The van der Waals surface area contributed by atoms with E-state index in [1.165, 1.54) is 16.0 Å². The predicted octanol–water partition coefficient (Wildman–Crippen LogP) is 4.84. The van der Waals surface area contributed by atoms with Gasteiger partial charge in [-0.3, -0.25) is 0 Å². The first-order valence-electron chi connectivity index (χ1n) is 4.69. The first kappa shape index (κ1) is 10.8. The Morgan fingerprint density at radius 2 is 1.60 bits per heavy atom. The first-order chi connectivity index (χ1) is 7.29. The van der Waals surface area contributed by atoms with E-state index in [9.17, 15) is 0 Å². The summed E-state index contributed by atoms with van der Waals surface area (Å²) in [5.41, 5.74) is 2.52. The molecule has 0 aliphatic heterocycles. The molecule has 0 saturated heterocycles. The predicted molar refractivity (Wildman–Crippen MR) is 71.4 cm³/mol. The standard InChI is InChI=1S/C13H11BrS/c1-15-13-7-3-5-11(9-13)10-4-2-6-12(14)8-10/h2-9H,1H3. The third-order valence-electron chi connectivity index (χ3n) is 2.23. The van der Waals surface area contributed by atoms with Crippen LogP contribution in [0.2, 0.25) is 0 Å². The Bertz CT molecular complexity index is 466. The summed E-state index contributed by atoms with van der Waals surface area (Å²) < 4.78 is 1.12. The summed E-state index contributed by atoms with van der Waals surface area (Å²) in [5, 5.41) is 0. The zero-order valence-corrected chi connectivity index (χ0v) is 10.8. The van der Waals surface area contributed by atoms with Gasteiger partial charge >= 0.3 is 0 Å². The third kappa shape index (κ3) is 2.64. The number of halogens is 1. The molecule has 0 aliphatic carbocycles. The topological polar surface area (TPSA) is 0 Å². The molecule has 0 nitrogen and oxygen atoms in total. The molecule has 2 aromatic carbocycles. The van der Waals surface area contributed by atoms with E-state index in [-0.39, 0.29) is 0 Å². The number of benzene rings is 2. The molecule has 0 aliphatic rings. The van der Waals surface area contributed by atoms with Crippen molar-refractivity contribution in [2.45, 2.75) is 4.90 Å². The molecular formula is C13H11BrS. The maximum Gasteiger partial charge on any atom is 0.0181 e. The molecule has 0 N–H and O–H groups in total. The van der Waals surface area contributed by atoms with E-state index in [1.807, 2.05) is 6.07 Å². The molecule has 2 heteroatoms. The van der Waals surface area contributed by atoms with Crippen molar-refractivity contribution in [3.63, 3.8) is 0 Å². The van der Waals surface area contributed by atoms with Crippen LogP contribution < -0.4 is 0 Å². The Morgan fingerprint density at radius 3 is 2.27 bits per heavy atom. The molecule has 0 radical (unpaired) electrons. The van der Waals surface area contributed by atoms with Gasteiger partial charge in [-0.2, -0.15) is 0 Å². The zero-order chi connectivity index (χ0) is 10.7. The van der Waals surface area contributed by atoms with Gasteiger partial charge in [-0.05, 0) is 41.6 Å². The normalized spacial score (nSPS) is 10.3. The van der Waals surface area contributed by atoms with Crippen LogP contribution in [0, 0.1) is 0 Å². The van der Waals surface area contributed by atoms with Gasteiger partial charge in [-0.1, -0.05) is 40.2 Å². The molecule has 0 spiro atoms. The summed E-state index contributed by atoms with van der Waals surface area (Å²) in [5.74, 6) is 0.